The number of aryl methyl sites for hydroxylation is 1. The lowest BCUT2D eigenvalue weighted by Gasteiger charge is -2.17. The van der Waals surface area contributed by atoms with Crippen LogP contribution in [0.4, 0.5) is 0 Å². The Kier molecular flexibility index (Phi) is 4.86. The number of thiophene rings is 1. The number of terminal acetylenes is 1. The molecule has 1 aromatic heterocycles. The maximum atomic E-state index is 12.6. The predicted octanol–water partition coefficient (Wildman–Crippen LogP) is 1.95. The quantitative estimate of drug-likeness (QED) is 0.783. The summed E-state index contributed by atoms with van der Waals surface area (Å²) >= 11 is 1.54. The van der Waals surface area contributed by atoms with Gasteiger partial charge in [-0.2, -0.15) is 4.31 Å². The van der Waals surface area contributed by atoms with E-state index in [2.05, 4.69) is 11.2 Å². The zero-order valence-electron chi connectivity index (χ0n) is 11.8. The molecular formula is C14H20N2O2S2. The Morgan fingerprint density at radius 2 is 2.25 bits per heavy atom. The summed E-state index contributed by atoms with van der Waals surface area (Å²) in [6.07, 6.45) is 7.69. The van der Waals surface area contributed by atoms with Crippen molar-refractivity contribution in [3.8, 4) is 12.3 Å². The number of rotatable bonds is 7. The standard InChI is InChI=1S/C14H20N2O2S2/c1-4-8-16(5-2)20(17,18)14-9-13(19-11(14)3)10-15-12-6-7-12/h1,9,12,15H,5-8,10H2,2-3H3. The van der Waals surface area contributed by atoms with Crippen molar-refractivity contribution in [2.75, 3.05) is 13.1 Å². The molecule has 1 fully saturated rings. The minimum atomic E-state index is -3.47. The minimum absolute atomic E-state index is 0.115. The van der Waals surface area contributed by atoms with E-state index in [0.717, 1.165) is 16.3 Å². The molecule has 0 aliphatic heterocycles. The molecular weight excluding hydrogens is 292 g/mol. The van der Waals surface area contributed by atoms with Crippen LogP contribution in [0.2, 0.25) is 0 Å². The second kappa shape index (κ2) is 6.27. The fourth-order valence-corrected chi connectivity index (χ4v) is 4.93. The van der Waals surface area contributed by atoms with Crippen LogP contribution in [0.25, 0.3) is 0 Å². The summed E-state index contributed by atoms with van der Waals surface area (Å²) in [6.45, 7) is 4.89. The lowest BCUT2D eigenvalue weighted by Crippen LogP contribution is -2.31. The van der Waals surface area contributed by atoms with Crippen LogP contribution in [0.5, 0.6) is 0 Å². The number of nitrogens with zero attached hydrogens (tertiary/aromatic N) is 1. The summed E-state index contributed by atoms with van der Waals surface area (Å²) in [5.74, 6) is 2.41. The molecule has 0 saturated heterocycles. The molecule has 1 heterocycles. The Hall–Kier alpha value is -0.870. The lowest BCUT2D eigenvalue weighted by molar-refractivity contribution is 0.464. The first-order valence-electron chi connectivity index (χ1n) is 6.75. The summed E-state index contributed by atoms with van der Waals surface area (Å²) in [7, 11) is -3.47. The predicted molar refractivity (Wildman–Crippen MR) is 82.2 cm³/mol. The highest BCUT2D eigenvalue weighted by Crippen LogP contribution is 2.29. The molecule has 1 aromatic rings. The first kappa shape index (κ1) is 15.5. The van der Waals surface area contributed by atoms with Crippen molar-refractivity contribution in [3.05, 3.63) is 15.8 Å². The van der Waals surface area contributed by atoms with Crippen LogP contribution in [-0.2, 0) is 16.6 Å². The van der Waals surface area contributed by atoms with E-state index in [9.17, 15) is 8.42 Å². The fourth-order valence-electron chi connectivity index (χ4n) is 2.01. The molecule has 20 heavy (non-hydrogen) atoms. The molecule has 0 bridgehead atoms. The molecule has 0 amide bonds. The average molecular weight is 312 g/mol. The van der Waals surface area contributed by atoms with Crippen LogP contribution in [0.15, 0.2) is 11.0 Å². The highest BCUT2D eigenvalue weighted by atomic mass is 32.2. The van der Waals surface area contributed by atoms with Gasteiger partial charge >= 0.3 is 0 Å². The number of hydrogen-bond donors (Lipinski definition) is 1. The molecule has 0 spiro atoms. The van der Waals surface area contributed by atoms with Crippen molar-refractivity contribution in [1.82, 2.24) is 9.62 Å². The highest BCUT2D eigenvalue weighted by Gasteiger charge is 2.26. The molecule has 1 aliphatic carbocycles. The molecule has 4 nitrogen and oxygen atoms in total. The van der Waals surface area contributed by atoms with E-state index >= 15 is 0 Å². The van der Waals surface area contributed by atoms with E-state index in [0.29, 0.717) is 17.5 Å². The van der Waals surface area contributed by atoms with Crippen molar-refractivity contribution in [2.45, 2.75) is 44.2 Å². The van der Waals surface area contributed by atoms with Gasteiger partial charge < -0.3 is 5.32 Å². The molecule has 0 radical (unpaired) electrons. The topological polar surface area (TPSA) is 49.4 Å². The van der Waals surface area contributed by atoms with Crippen LogP contribution in [0.3, 0.4) is 0 Å². The first-order chi connectivity index (χ1) is 9.48. The molecule has 2 rings (SSSR count). The van der Waals surface area contributed by atoms with E-state index in [1.54, 1.807) is 13.0 Å². The van der Waals surface area contributed by atoms with Gasteiger partial charge in [-0.05, 0) is 25.8 Å². The van der Waals surface area contributed by atoms with Gasteiger partial charge in [0.05, 0.1) is 11.4 Å². The number of sulfonamides is 1. The van der Waals surface area contributed by atoms with E-state index in [4.69, 9.17) is 6.42 Å². The van der Waals surface area contributed by atoms with E-state index in [1.807, 2.05) is 6.92 Å². The molecule has 1 saturated carbocycles. The Balaban J connectivity index is 2.19. The summed E-state index contributed by atoms with van der Waals surface area (Å²) < 4.78 is 26.4. The van der Waals surface area contributed by atoms with E-state index in [-0.39, 0.29) is 6.54 Å². The largest absolute Gasteiger partial charge is 0.309 e. The van der Waals surface area contributed by atoms with Crippen LogP contribution in [-0.4, -0.2) is 31.9 Å². The monoisotopic (exact) mass is 312 g/mol. The molecule has 110 valence electrons. The summed E-state index contributed by atoms with van der Waals surface area (Å²) in [4.78, 5) is 2.28. The van der Waals surface area contributed by atoms with Crippen LogP contribution < -0.4 is 5.32 Å². The average Bonchev–Trinajstić information content (AvgIpc) is 3.15. The van der Waals surface area contributed by atoms with Gasteiger partial charge in [-0.3, -0.25) is 0 Å². The molecule has 0 unspecified atom stereocenters. The molecule has 0 aromatic carbocycles. The smallest absolute Gasteiger partial charge is 0.245 e. The van der Waals surface area contributed by atoms with Gasteiger partial charge in [0.2, 0.25) is 10.0 Å². The molecule has 6 heteroatoms. The third-order valence-corrected chi connectivity index (χ3v) is 6.53. The first-order valence-corrected chi connectivity index (χ1v) is 9.01. The maximum Gasteiger partial charge on any atom is 0.245 e. The van der Waals surface area contributed by atoms with Crippen molar-refractivity contribution in [2.24, 2.45) is 0 Å². The third kappa shape index (κ3) is 3.41. The zero-order chi connectivity index (χ0) is 14.8. The van der Waals surface area contributed by atoms with Crippen LogP contribution in [0.1, 0.15) is 29.5 Å². The lowest BCUT2D eigenvalue weighted by atomic mass is 10.4. The van der Waals surface area contributed by atoms with Crippen molar-refractivity contribution < 1.29 is 8.42 Å². The second-order valence-corrected chi connectivity index (χ2v) is 8.17. The van der Waals surface area contributed by atoms with Gasteiger partial charge in [0.1, 0.15) is 0 Å². The van der Waals surface area contributed by atoms with Crippen LogP contribution in [0, 0.1) is 19.3 Å². The van der Waals surface area contributed by atoms with E-state index in [1.165, 1.54) is 28.5 Å². The summed E-state index contributed by atoms with van der Waals surface area (Å²) in [6, 6.07) is 2.40. The van der Waals surface area contributed by atoms with Gasteiger partial charge in [0, 0.05) is 28.9 Å². The molecule has 1 aliphatic rings. The Morgan fingerprint density at radius 1 is 1.55 bits per heavy atom. The number of nitrogens with one attached hydrogen (secondary N) is 1. The van der Waals surface area contributed by atoms with Crippen molar-refractivity contribution in [1.29, 1.82) is 0 Å². The second-order valence-electron chi connectivity index (χ2n) is 4.92. The molecule has 0 atom stereocenters. The Morgan fingerprint density at radius 3 is 2.80 bits per heavy atom. The zero-order valence-corrected chi connectivity index (χ0v) is 13.5. The van der Waals surface area contributed by atoms with Gasteiger partial charge in [-0.15, -0.1) is 17.8 Å². The van der Waals surface area contributed by atoms with Crippen molar-refractivity contribution in [3.63, 3.8) is 0 Å². The van der Waals surface area contributed by atoms with E-state index < -0.39 is 10.0 Å². The Bertz CT molecular complexity index is 610. The summed E-state index contributed by atoms with van der Waals surface area (Å²) in [5.41, 5.74) is 0. The fraction of sp³-hybridized carbons (Fsp3) is 0.571. The Labute approximate surface area is 125 Å². The SMILES string of the molecule is C#CCN(CC)S(=O)(=O)c1cc(CNC2CC2)sc1C. The molecule has 1 N–H and O–H groups in total. The highest BCUT2D eigenvalue weighted by molar-refractivity contribution is 7.89. The normalized spacial score (nSPS) is 15.5. The van der Waals surface area contributed by atoms with Crippen molar-refractivity contribution >= 4 is 21.4 Å². The van der Waals surface area contributed by atoms with Gasteiger partial charge in [-0.25, -0.2) is 8.42 Å². The van der Waals surface area contributed by atoms with Crippen LogP contribution >= 0.6 is 11.3 Å². The minimum Gasteiger partial charge on any atom is -0.309 e. The number of hydrogen-bond acceptors (Lipinski definition) is 4. The third-order valence-electron chi connectivity index (χ3n) is 3.30. The van der Waals surface area contributed by atoms with Gasteiger partial charge in [0.25, 0.3) is 0 Å². The van der Waals surface area contributed by atoms with Gasteiger partial charge in [0.15, 0.2) is 0 Å². The maximum absolute atomic E-state index is 12.6. The summed E-state index contributed by atoms with van der Waals surface area (Å²) in [5, 5.41) is 3.40. The van der Waals surface area contributed by atoms with Gasteiger partial charge in [-0.1, -0.05) is 12.8 Å².